The Balaban J connectivity index is 3.31. The lowest BCUT2D eigenvalue weighted by Crippen LogP contribution is -2.24. The molecule has 88 valence electrons. The Morgan fingerprint density at radius 3 is 2.00 bits per heavy atom. The molecular formula is C9H4ClF5O. The van der Waals surface area contributed by atoms with E-state index < -0.39 is 28.5 Å². The molecule has 7 heteroatoms. The Labute approximate surface area is 91.8 Å². The lowest BCUT2D eigenvalue weighted by atomic mass is 10.0. The van der Waals surface area contributed by atoms with Crippen LogP contribution in [0.25, 0.3) is 0 Å². The van der Waals surface area contributed by atoms with E-state index in [2.05, 4.69) is 11.6 Å². The van der Waals surface area contributed by atoms with Crippen molar-refractivity contribution in [1.82, 2.24) is 0 Å². The van der Waals surface area contributed by atoms with Crippen molar-refractivity contribution < 1.29 is 26.7 Å². The monoisotopic (exact) mass is 258 g/mol. The minimum Gasteiger partial charge on any atom is -0.286 e. The summed E-state index contributed by atoms with van der Waals surface area (Å²) in [4.78, 5) is 11.0. The van der Waals surface area contributed by atoms with Crippen molar-refractivity contribution in [1.29, 1.82) is 0 Å². The van der Waals surface area contributed by atoms with Gasteiger partial charge in [-0.25, -0.2) is 0 Å². The molecule has 1 aromatic rings. The molecule has 0 aliphatic carbocycles. The van der Waals surface area contributed by atoms with E-state index in [1.165, 1.54) is 0 Å². The van der Waals surface area contributed by atoms with Crippen molar-refractivity contribution in [3.8, 4) is 0 Å². The molecular weight excluding hydrogens is 255 g/mol. The maximum atomic E-state index is 12.4. The van der Waals surface area contributed by atoms with Gasteiger partial charge in [0.05, 0.1) is 5.56 Å². The number of halogens is 6. The largest absolute Gasteiger partial charge is 0.417 e. The van der Waals surface area contributed by atoms with E-state index in [9.17, 15) is 26.7 Å². The lowest BCUT2D eigenvalue weighted by Gasteiger charge is -2.13. The summed E-state index contributed by atoms with van der Waals surface area (Å²) in [6.07, 6.45) is -4.88. The predicted octanol–water partition coefficient (Wildman–Crippen LogP) is 3.72. The van der Waals surface area contributed by atoms with Gasteiger partial charge in [-0.2, -0.15) is 22.0 Å². The van der Waals surface area contributed by atoms with E-state index in [-0.39, 0.29) is 0 Å². The van der Waals surface area contributed by atoms with E-state index in [4.69, 9.17) is 0 Å². The SMILES string of the molecule is O=C(c1ccccc1C(F)(F)F)C(F)(F)Cl. The van der Waals surface area contributed by atoms with Crippen molar-refractivity contribution in [3.63, 3.8) is 0 Å². The second-order valence-corrected chi connectivity index (χ2v) is 3.34. The molecule has 0 fully saturated rings. The summed E-state index contributed by atoms with van der Waals surface area (Å²) in [7, 11) is 0. The third kappa shape index (κ3) is 2.69. The number of benzene rings is 1. The number of hydrogen-bond donors (Lipinski definition) is 0. The highest BCUT2D eigenvalue weighted by molar-refractivity contribution is 6.35. The van der Waals surface area contributed by atoms with E-state index in [1.807, 2.05) is 0 Å². The van der Waals surface area contributed by atoms with Gasteiger partial charge in [0.15, 0.2) is 0 Å². The Hall–Kier alpha value is -1.17. The molecule has 0 saturated carbocycles. The number of carbonyl (C=O) groups is 1. The molecule has 0 heterocycles. The second-order valence-electron chi connectivity index (χ2n) is 2.87. The minimum absolute atomic E-state index is 0.538. The van der Waals surface area contributed by atoms with Crippen LogP contribution >= 0.6 is 11.6 Å². The lowest BCUT2D eigenvalue weighted by molar-refractivity contribution is -0.138. The summed E-state index contributed by atoms with van der Waals surface area (Å²) >= 11 is 4.39. The maximum Gasteiger partial charge on any atom is 0.417 e. The molecule has 0 N–H and O–H groups in total. The summed E-state index contributed by atoms with van der Waals surface area (Å²) in [6.45, 7) is 0. The fraction of sp³-hybridized carbons (Fsp3) is 0.222. The normalized spacial score (nSPS) is 12.6. The van der Waals surface area contributed by atoms with Gasteiger partial charge in [-0.15, -0.1) is 0 Å². The van der Waals surface area contributed by atoms with E-state index in [0.717, 1.165) is 12.1 Å². The average Bonchev–Trinajstić information content (AvgIpc) is 2.14. The first-order chi connectivity index (χ1) is 7.14. The molecule has 0 saturated heterocycles. The molecule has 0 unspecified atom stereocenters. The Kier molecular flexibility index (Phi) is 3.23. The van der Waals surface area contributed by atoms with Crippen LogP contribution in [0.2, 0.25) is 0 Å². The summed E-state index contributed by atoms with van der Waals surface area (Å²) in [5.74, 6) is -2.07. The van der Waals surface area contributed by atoms with Crippen LogP contribution in [-0.2, 0) is 6.18 Å². The number of ketones is 1. The summed E-state index contributed by atoms with van der Waals surface area (Å²) in [5.41, 5.74) is -2.57. The zero-order valence-corrected chi connectivity index (χ0v) is 8.24. The quantitative estimate of drug-likeness (QED) is 0.449. The van der Waals surface area contributed by atoms with Crippen LogP contribution in [0, 0.1) is 0 Å². The van der Waals surface area contributed by atoms with Crippen molar-refractivity contribution in [3.05, 3.63) is 35.4 Å². The van der Waals surface area contributed by atoms with Gasteiger partial charge in [-0.3, -0.25) is 4.79 Å². The van der Waals surface area contributed by atoms with Crippen LogP contribution in [0.4, 0.5) is 22.0 Å². The zero-order valence-electron chi connectivity index (χ0n) is 7.49. The van der Waals surface area contributed by atoms with Gasteiger partial charge in [0.2, 0.25) is 5.78 Å². The third-order valence-corrected chi connectivity index (χ3v) is 1.91. The van der Waals surface area contributed by atoms with Gasteiger partial charge in [-0.1, -0.05) is 18.2 Å². The number of Topliss-reactive ketones (excluding diaryl/α,β-unsaturated/α-hetero) is 1. The van der Waals surface area contributed by atoms with Gasteiger partial charge in [0.25, 0.3) is 0 Å². The first kappa shape index (κ1) is 12.9. The van der Waals surface area contributed by atoms with Gasteiger partial charge in [0, 0.05) is 5.56 Å². The molecule has 0 spiro atoms. The summed E-state index contributed by atoms with van der Waals surface area (Å²) in [6, 6.07) is 3.23. The van der Waals surface area contributed by atoms with Crippen LogP contribution in [0.5, 0.6) is 0 Å². The van der Waals surface area contributed by atoms with Crippen molar-refractivity contribution in [2.24, 2.45) is 0 Å². The van der Waals surface area contributed by atoms with Crippen LogP contribution in [0.3, 0.4) is 0 Å². The zero-order chi connectivity index (χ0) is 12.6. The van der Waals surface area contributed by atoms with Crippen LogP contribution in [-0.4, -0.2) is 11.2 Å². The summed E-state index contributed by atoms with van der Waals surface area (Å²) < 4.78 is 61.9. The van der Waals surface area contributed by atoms with E-state index in [0.29, 0.717) is 12.1 Å². The highest BCUT2D eigenvalue weighted by Gasteiger charge is 2.42. The standard InChI is InChI=1S/C9H4ClF5O/c10-8(11,12)7(16)5-3-1-2-4-6(5)9(13,14)15/h1-4H. The maximum absolute atomic E-state index is 12.4. The number of rotatable bonds is 2. The smallest absolute Gasteiger partial charge is 0.286 e. The Morgan fingerprint density at radius 1 is 1.06 bits per heavy atom. The Bertz CT molecular complexity index is 407. The van der Waals surface area contributed by atoms with Crippen LogP contribution in [0.1, 0.15) is 15.9 Å². The van der Waals surface area contributed by atoms with Gasteiger partial charge < -0.3 is 0 Å². The molecule has 0 amide bonds. The molecule has 16 heavy (non-hydrogen) atoms. The predicted molar refractivity (Wildman–Crippen MR) is 46.6 cm³/mol. The van der Waals surface area contributed by atoms with Crippen molar-refractivity contribution >= 4 is 17.4 Å². The molecule has 0 atom stereocenters. The molecule has 1 aromatic carbocycles. The number of hydrogen-bond acceptors (Lipinski definition) is 1. The number of carbonyl (C=O) groups excluding carboxylic acids is 1. The van der Waals surface area contributed by atoms with Crippen LogP contribution < -0.4 is 0 Å². The molecule has 1 rings (SSSR count). The highest BCUT2D eigenvalue weighted by atomic mass is 35.5. The molecule has 0 bridgehead atoms. The third-order valence-electron chi connectivity index (χ3n) is 1.73. The highest BCUT2D eigenvalue weighted by Crippen LogP contribution is 2.35. The van der Waals surface area contributed by atoms with Crippen LogP contribution in [0.15, 0.2) is 24.3 Å². The van der Waals surface area contributed by atoms with E-state index in [1.54, 1.807) is 0 Å². The molecule has 0 radical (unpaired) electrons. The van der Waals surface area contributed by atoms with Gasteiger partial charge >= 0.3 is 11.6 Å². The van der Waals surface area contributed by atoms with Gasteiger partial charge in [0.1, 0.15) is 0 Å². The first-order valence-electron chi connectivity index (χ1n) is 3.92. The number of alkyl halides is 6. The fourth-order valence-electron chi connectivity index (χ4n) is 1.08. The van der Waals surface area contributed by atoms with E-state index >= 15 is 0 Å². The second kappa shape index (κ2) is 4.01. The molecule has 0 aliphatic rings. The molecule has 1 nitrogen and oxygen atoms in total. The Morgan fingerprint density at radius 2 is 1.56 bits per heavy atom. The molecule has 0 aromatic heterocycles. The van der Waals surface area contributed by atoms with Crippen molar-refractivity contribution in [2.75, 3.05) is 0 Å². The average molecular weight is 259 g/mol. The summed E-state index contributed by atoms with van der Waals surface area (Å²) in [5, 5.41) is -4.35. The minimum atomic E-state index is -4.88. The topological polar surface area (TPSA) is 17.1 Å². The fourth-order valence-corrected chi connectivity index (χ4v) is 1.18. The van der Waals surface area contributed by atoms with Gasteiger partial charge in [-0.05, 0) is 17.7 Å². The van der Waals surface area contributed by atoms with Crippen molar-refractivity contribution in [2.45, 2.75) is 11.6 Å². The first-order valence-corrected chi connectivity index (χ1v) is 4.29. The molecule has 0 aliphatic heterocycles.